The summed E-state index contributed by atoms with van der Waals surface area (Å²) < 4.78 is 0. The highest BCUT2D eigenvalue weighted by Crippen LogP contribution is 2.50. The molecule has 1 aliphatic carbocycles. The SMILES string of the molecule is Cc1ccc(N(c2ccc(-c3ccc(N(c4ccccc4)c4ccc5c(c4)C(C)(C)c4ccccc4-5)nc3)cc2)c2ccc3ccccc3c2)cc1. The van der Waals surface area contributed by atoms with Crippen LogP contribution >= 0.6 is 0 Å². The lowest BCUT2D eigenvalue weighted by molar-refractivity contribution is 0.660. The molecule has 3 heteroatoms. The van der Waals surface area contributed by atoms with Crippen molar-refractivity contribution >= 4 is 45.0 Å². The van der Waals surface area contributed by atoms with Gasteiger partial charge in [-0.2, -0.15) is 0 Å². The Morgan fingerprint density at radius 1 is 0.423 bits per heavy atom. The molecular weight excluding hydrogens is 631 g/mol. The van der Waals surface area contributed by atoms with E-state index in [0.717, 1.165) is 45.4 Å². The first-order valence-electron chi connectivity index (χ1n) is 18.0. The Morgan fingerprint density at radius 2 is 1.00 bits per heavy atom. The Balaban J connectivity index is 1.05. The van der Waals surface area contributed by atoms with Gasteiger partial charge in [-0.3, -0.25) is 4.90 Å². The van der Waals surface area contributed by atoms with Crippen LogP contribution in [0.2, 0.25) is 0 Å². The molecule has 0 amide bonds. The fourth-order valence-electron chi connectivity index (χ4n) is 7.77. The van der Waals surface area contributed by atoms with Gasteiger partial charge in [-0.1, -0.05) is 123 Å². The van der Waals surface area contributed by atoms with Crippen LogP contribution in [0.1, 0.15) is 30.5 Å². The summed E-state index contributed by atoms with van der Waals surface area (Å²) in [6.07, 6.45) is 1.99. The molecule has 0 spiro atoms. The molecule has 0 unspecified atom stereocenters. The van der Waals surface area contributed by atoms with Gasteiger partial charge in [-0.05, 0) is 118 Å². The van der Waals surface area contributed by atoms with E-state index >= 15 is 0 Å². The van der Waals surface area contributed by atoms with Crippen LogP contribution in [0.3, 0.4) is 0 Å². The molecule has 0 fully saturated rings. The number of fused-ring (bicyclic) bond motifs is 4. The number of aromatic nitrogens is 1. The van der Waals surface area contributed by atoms with E-state index in [1.165, 1.54) is 38.6 Å². The Bertz CT molecular complexity index is 2530. The van der Waals surface area contributed by atoms with E-state index in [1.54, 1.807) is 0 Å². The van der Waals surface area contributed by atoms with E-state index in [4.69, 9.17) is 4.98 Å². The van der Waals surface area contributed by atoms with Crippen molar-refractivity contribution in [3.63, 3.8) is 0 Å². The average molecular weight is 670 g/mol. The Labute approximate surface area is 306 Å². The molecule has 0 radical (unpaired) electrons. The summed E-state index contributed by atoms with van der Waals surface area (Å²) in [6, 6.07) is 63.3. The molecule has 7 aromatic carbocycles. The van der Waals surface area contributed by atoms with Gasteiger partial charge in [0.1, 0.15) is 5.82 Å². The first-order chi connectivity index (χ1) is 25.4. The number of nitrogens with zero attached hydrogens (tertiary/aromatic N) is 3. The van der Waals surface area contributed by atoms with Crippen molar-refractivity contribution < 1.29 is 0 Å². The maximum absolute atomic E-state index is 5.08. The number of anilines is 6. The molecule has 52 heavy (non-hydrogen) atoms. The number of benzene rings is 7. The minimum atomic E-state index is -0.0862. The second-order valence-electron chi connectivity index (χ2n) is 14.2. The lowest BCUT2D eigenvalue weighted by Crippen LogP contribution is -2.17. The summed E-state index contributed by atoms with van der Waals surface area (Å²) in [5.41, 5.74) is 14.2. The van der Waals surface area contributed by atoms with Crippen LogP contribution in [0.25, 0.3) is 33.0 Å². The number of rotatable bonds is 7. The number of hydrogen-bond acceptors (Lipinski definition) is 3. The second kappa shape index (κ2) is 12.7. The van der Waals surface area contributed by atoms with Gasteiger partial charge in [-0.15, -0.1) is 0 Å². The molecule has 9 rings (SSSR count). The Morgan fingerprint density at radius 3 is 1.75 bits per heavy atom. The molecule has 1 heterocycles. The van der Waals surface area contributed by atoms with Gasteiger partial charge in [0.15, 0.2) is 0 Å². The van der Waals surface area contributed by atoms with E-state index < -0.39 is 0 Å². The Hall–Kier alpha value is -6.45. The number of pyridine rings is 1. The van der Waals surface area contributed by atoms with Crippen molar-refractivity contribution in [2.24, 2.45) is 0 Å². The maximum atomic E-state index is 5.08. The third kappa shape index (κ3) is 5.52. The van der Waals surface area contributed by atoms with Crippen molar-refractivity contribution in [3.8, 4) is 22.3 Å². The number of hydrogen-bond donors (Lipinski definition) is 0. The van der Waals surface area contributed by atoms with Crippen molar-refractivity contribution in [3.05, 3.63) is 199 Å². The third-order valence-corrected chi connectivity index (χ3v) is 10.6. The fraction of sp³-hybridized carbons (Fsp3) is 0.0816. The van der Waals surface area contributed by atoms with E-state index in [9.17, 15) is 0 Å². The van der Waals surface area contributed by atoms with Gasteiger partial charge in [0.2, 0.25) is 0 Å². The zero-order chi connectivity index (χ0) is 35.2. The minimum Gasteiger partial charge on any atom is -0.310 e. The van der Waals surface area contributed by atoms with Gasteiger partial charge in [0.05, 0.1) is 0 Å². The average Bonchev–Trinajstić information content (AvgIpc) is 3.42. The summed E-state index contributed by atoms with van der Waals surface area (Å²) in [5.74, 6) is 0.877. The molecule has 8 aromatic rings. The van der Waals surface area contributed by atoms with Crippen LogP contribution in [0.5, 0.6) is 0 Å². The second-order valence-corrected chi connectivity index (χ2v) is 14.2. The topological polar surface area (TPSA) is 19.4 Å². The third-order valence-electron chi connectivity index (χ3n) is 10.6. The standard InChI is InChI=1S/C49H39N3/c1-34-17-23-40(24-18-34)51(42-27-21-35-11-7-8-12-37(35)31-42)41-25-19-36(20-26-41)38-22-30-48(50-33-38)52(39-13-5-4-6-14-39)43-28-29-45-44-15-9-10-16-46(44)49(2,3)47(45)32-43/h4-33H,1-3H3. The highest BCUT2D eigenvalue weighted by molar-refractivity contribution is 5.90. The quantitative estimate of drug-likeness (QED) is 0.168. The van der Waals surface area contributed by atoms with E-state index in [-0.39, 0.29) is 5.41 Å². The largest absolute Gasteiger partial charge is 0.310 e. The van der Waals surface area contributed by atoms with Crippen LogP contribution in [0, 0.1) is 6.92 Å². The normalized spacial score (nSPS) is 12.7. The van der Waals surface area contributed by atoms with Crippen molar-refractivity contribution in [2.45, 2.75) is 26.2 Å². The predicted octanol–water partition coefficient (Wildman–Crippen LogP) is 13.5. The monoisotopic (exact) mass is 669 g/mol. The van der Waals surface area contributed by atoms with Gasteiger partial charge in [0, 0.05) is 45.6 Å². The van der Waals surface area contributed by atoms with Crippen LogP contribution in [0.15, 0.2) is 182 Å². The molecule has 0 saturated carbocycles. The highest BCUT2D eigenvalue weighted by atomic mass is 15.2. The molecule has 0 aliphatic heterocycles. The van der Waals surface area contributed by atoms with E-state index in [2.05, 4.69) is 206 Å². The molecule has 0 bridgehead atoms. The van der Waals surface area contributed by atoms with Crippen molar-refractivity contribution in [1.82, 2.24) is 4.98 Å². The molecule has 3 nitrogen and oxygen atoms in total. The van der Waals surface area contributed by atoms with Crippen LogP contribution in [-0.2, 0) is 5.41 Å². The van der Waals surface area contributed by atoms with Gasteiger partial charge in [-0.25, -0.2) is 4.98 Å². The molecule has 0 atom stereocenters. The predicted molar refractivity (Wildman–Crippen MR) is 219 cm³/mol. The lowest BCUT2D eigenvalue weighted by atomic mass is 9.82. The fourth-order valence-corrected chi connectivity index (χ4v) is 7.77. The minimum absolute atomic E-state index is 0.0862. The van der Waals surface area contributed by atoms with Crippen molar-refractivity contribution in [2.75, 3.05) is 9.80 Å². The van der Waals surface area contributed by atoms with Crippen LogP contribution < -0.4 is 9.80 Å². The number of para-hydroxylation sites is 1. The van der Waals surface area contributed by atoms with Gasteiger partial charge >= 0.3 is 0 Å². The summed E-state index contributed by atoms with van der Waals surface area (Å²) in [7, 11) is 0. The first-order valence-corrected chi connectivity index (χ1v) is 18.0. The highest BCUT2D eigenvalue weighted by Gasteiger charge is 2.35. The van der Waals surface area contributed by atoms with E-state index in [1.807, 2.05) is 6.20 Å². The molecule has 0 saturated heterocycles. The smallest absolute Gasteiger partial charge is 0.137 e. The van der Waals surface area contributed by atoms with Crippen LogP contribution in [0.4, 0.5) is 34.3 Å². The Kier molecular flexibility index (Phi) is 7.70. The zero-order valence-electron chi connectivity index (χ0n) is 29.7. The van der Waals surface area contributed by atoms with Gasteiger partial charge in [0.25, 0.3) is 0 Å². The van der Waals surface area contributed by atoms with Crippen LogP contribution in [-0.4, -0.2) is 4.98 Å². The molecule has 250 valence electrons. The molecule has 0 N–H and O–H groups in total. The number of aryl methyl sites for hydroxylation is 1. The zero-order valence-corrected chi connectivity index (χ0v) is 29.7. The summed E-state index contributed by atoms with van der Waals surface area (Å²) in [4.78, 5) is 9.67. The molecule has 1 aromatic heterocycles. The van der Waals surface area contributed by atoms with Crippen molar-refractivity contribution in [1.29, 1.82) is 0 Å². The van der Waals surface area contributed by atoms with E-state index in [0.29, 0.717) is 0 Å². The summed E-state index contributed by atoms with van der Waals surface area (Å²) in [5, 5.41) is 2.45. The van der Waals surface area contributed by atoms with Gasteiger partial charge < -0.3 is 4.90 Å². The maximum Gasteiger partial charge on any atom is 0.137 e. The molecule has 1 aliphatic rings. The molecular formula is C49H39N3. The lowest BCUT2D eigenvalue weighted by Gasteiger charge is -2.27. The summed E-state index contributed by atoms with van der Waals surface area (Å²) >= 11 is 0. The summed E-state index contributed by atoms with van der Waals surface area (Å²) in [6.45, 7) is 6.78. The first kappa shape index (κ1) is 31.5.